The van der Waals surface area contributed by atoms with Gasteiger partial charge in [0.2, 0.25) is 12.1 Å². The van der Waals surface area contributed by atoms with Crippen LogP contribution in [0.1, 0.15) is 0 Å². The van der Waals surface area contributed by atoms with Crippen molar-refractivity contribution in [2.45, 2.75) is 0 Å². The Morgan fingerprint density at radius 1 is 1.56 bits per heavy atom. The maximum absolute atomic E-state index is 5.46. The molecule has 0 atom stereocenters. The van der Waals surface area contributed by atoms with Gasteiger partial charge < -0.3 is 10.2 Å². The molecule has 0 saturated heterocycles. The van der Waals surface area contributed by atoms with E-state index in [0.717, 1.165) is 0 Å². The van der Waals surface area contributed by atoms with Gasteiger partial charge in [-0.15, -0.1) is 5.10 Å². The summed E-state index contributed by atoms with van der Waals surface area (Å²) >= 11 is 0. The van der Waals surface area contributed by atoms with Crippen molar-refractivity contribution in [2.24, 2.45) is 0 Å². The average Bonchev–Trinajstić information content (AvgIpc) is 2.35. The predicted octanol–water partition coefficient (Wildman–Crippen LogP) is 0.510. The summed E-state index contributed by atoms with van der Waals surface area (Å²) in [7, 11) is 0. The topological polar surface area (TPSA) is 56.5 Å². The van der Waals surface area contributed by atoms with E-state index >= 15 is 0 Å². The largest absolute Gasteiger partial charge is 0.426 e. The van der Waals surface area contributed by atoms with Gasteiger partial charge in [-0.25, -0.2) is 0 Å². The Hall–Kier alpha value is -1.45. The fourth-order valence-corrected chi connectivity index (χ4v) is 0.763. The van der Waals surface area contributed by atoms with Crippen LogP contribution in [-0.2, 0) is 0 Å². The summed E-state index contributed by atoms with van der Waals surface area (Å²) in [6.45, 7) is 0. The van der Waals surface area contributed by atoms with Crippen LogP contribution in [0.25, 0.3) is 5.71 Å². The van der Waals surface area contributed by atoms with Gasteiger partial charge in [0, 0.05) is 6.07 Å². The van der Waals surface area contributed by atoms with E-state index in [4.69, 9.17) is 10.2 Å². The predicted molar refractivity (Wildman–Crippen MR) is 31.9 cm³/mol. The van der Waals surface area contributed by atoms with Crippen molar-refractivity contribution >= 4 is 11.5 Å². The van der Waals surface area contributed by atoms with Crippen LogP contribution in [0.5, 0.6) is 0 Å². The highest BCUT2D eigenvalue weighted by Gasteiger charge is 1.98. The third kappa shape index (κ3) is 0.440. The number of anilines is 1. The number of hydrogen-bond donors (Lipinski definition) is 1. The Labute approximate surface area is 50.9 Å². The maximum Gasteiger partial charge on any atom is 0.223 e. The molecule has 2 N–H and O–H groups in total. The summed E-state index contributed by atoms with van der Waals surface area (Å²) in [6, 6.07) is 3.51. The number of nitrogen functional groups attached to an aromatic ring is 1. The van der Waals surface area contributed by atoms with Crippen molar-refractivity contribution in [1.29, 1.82) is 0 Å². The molecule has 0 amide bonds. The van der Waals surface area contributed by atoms with Gasteiger partial charge in [0.25, 0.3) is 0 Å². The smallest absolute Gasteiger partial charge is 0.223 e. The van der Waals surface area contributed by atoms with Gasteiger partial charge in [-0.05, 0) is 6.07 Å². The lowest BCUT2D eigenvalue weighted by molar-refractivity contribution is 0.601. The first-order valence-electron chi connectivity index (χ1n) is 2.54. The zero-order valence-corrected chi connectivity index (χ0v) is 4.61. The second-order valence-corrected chi connectivity index (χ2v) is 1.75. The van der Waals surface area contributed by atoms with Gasteiger partial charge in [-0.3, -0.25) is 0 Å². The van der Waals surface area contributed by atoms with Crippen LogP contribution in [0, 0.1) is 0 Å². The lowest BCUT2D eigenvalue weighted by Gasteiger charge is -1.81. The highest BCUT2D eigenvalue weighted by Crippen LogP contribution is 2.08. The molecule has 2 aromatic heterocycles. The maximum atomic E-state index is 5.46. The van der Waals surface area contributed by atoms with Crippen LogP contribution < -0.4 is 5.73 Å². The molecular formula is C5H5N3O. The first kappa shape index (κ1) is 4.43. The van der Waals surface area contributed by atoms with Crippen LogP contribution in [0.4, 0.5) is 5.82 Å². The van der Waals surface area contributed by atoms with Crippen molar-refractivity contribution in [2.75, 3.05) is 5.73 Å². The Morgan fingerprint density at radius 3 is 3.22 bits per heavy atom. The second kappa shape index (κ2) is 1.28. The number of rotatable bonds is 0. The molecule has 0 aliphatic heterocycles. The lowest BCUT2D eigenvalue weighted by atomic mass is 10.6. The van der Waals surface area contributed by atoms with E-state index in [-0.39, 0.29) is 0 Å². The van der Waals surface area contributed by atoms with Gasteiger partial charge in [0.05, 0.1) is 0 Å². The van der Waals surface area contributed by atoms with Crippen molar-refractivity contribution < 1.29 is 4.42 Å². The molecule has 0 bridgehead atoms. The van der Waals surface area contributed by atoms with E-state index in [1.807, 2.05) is 0 Å². The summed E-state index contributed by atoms with van der Waals surface area (Å²) in [4.78, 5) is 0. The second-order valence-electron chi connectivity index (χ2n) is 1.75. The molecule has 0 unspecified atom stereocenters. The molecule has 0 spiro atoms. The molecule has 0 radical (unpaired) electrons. The summed E-state index contributed by atoms with van der Waals surface area (Å²) in [5.74, 6) is 0.596. The molecule has 4 nitrogen and oxygen atoms in total. The molecule has 9 heavy (non-hydrogen) atoms. The van der Waals surface area contributed by atoms with Gasteiger partial charge in [0.1, 0.15) is 5.82 Å². The van der Waals surface area contributed by atoms with E-state index < -0.39 is 0 Å². The molecule has 2 heterocycles. The Kier molecular flexibility index (Phi) is 0.631. The summed E-state index contributed by atoms with van der Waals surface area (Å²) in [5, 5.41) is 3.80. The molecule has 0 aliphatic carbocycles. The molecule has 0 saturated carbocycles. The van der Waals surface area contributed by atoms with Crippen molar-refractivity contribution in [3.05, 3.63) is 18.5 Å². The number of nitrogens with two attached hydrogens (primary N) is 1. The minimum absolute atomic E-state index is 0.596. The van der Waals surface area contributed by atoms with Gasteiger partial charge >= 0.3 is 0 Å². The lowest BCUT2D eigenvalue weighted by Crippen LogP contribution is -1.90. The monoisotopic (exact) mass is 123 g/mol. The van der Waals surface area contributed by atoms with Crippen LogP contribution in [0.3, 0.4) is 0 Å². The van der Waals surface area contributed by atoms with Crippen molar-refractivity contribution in [1.82, 2.24) is 9.61 Å². The van der Waals surface area contributed by atoms with Gasteiger partial charge in [-0.1, -0.05) is 0 Å². The zero-order chi connectivity index (χ0) is 6.27. The summed E-state index contributed by atoms with van der Waals surface area (Å²) < 4.78 is 6.44. The van der Waals surface area contributed by atoms with E-state index in [2.05, 4.69) is 5.10 Å². The first-order chi connectivity index (χ1) is 4.38. The van der Waals surface area contributed by atoms with Gasteiger partial charge in [-0.2, -0.15) is 4.52 Å². The Morgan fingerprint density at radius 2 is 2.44 bits per heavy atom. The van der Waals surface area contributed by atoms with E-state index in [9.17, 15) is 0 Å². The molecule has 2 aromatic rings. The number of fused-ring (bicyclic) bond motifs is 1. The molecule has 46 valence electrons. The molecule has 4 heteroatoms. The molecule has 0 fully saturated rings. The van der Waals surface area contributed by atoms with Crippen LogP contribution in [0.15, 0.2) is 22.9 Å². The third-order valence-corrected chi connectivity index (χ3v) is 1.19. The number of aromatic nitrogens is 2. The van der Waals surface area contributed by atoms with Crippen molar-refractivity contribution in [3.63, 3.8) is 0 Å². The van der Waals surface area contributed by atoms with Crippen LogP contribution >= 0.6 is 0 Å². The standard InChI is InChI=1S/C5H5N3O/c6-4-1-2-5-8(4)7-3-9-5/h1-3H,6H2. The molecule has 2 rings (SSSR count). The molecule has 0 aliphatic rings. The highest BCUT2D eigenvalue weighted by molar-refractivity contribution is 5.46. The highest BCUT2D eigenvalue weighted by atomic mass is 16.4. The Bertz CT molecular complexity index is 321. The zero-order valence-electron chi connectivity index (χ0n) is 4.61. The van der Waals surface area contributed by atoms with E-state index in [1.54, 1.807) is 12.1 Å². The fourth-order valence-electron chi connectivity index (χ4n) is 0.763. The normalized spacial score (nSPS) is 10.7. The number of hydrogen-bond acceptors (Lipinski definition) is 3. The van der Waals surface area contributed by atoms with Crippen LogP contribution in [-0.4, -0.2) is 9.61 Å². The van der Waals surface area contributed by atoms with Crippen LogP contribution in [0.2, 0.25) is 0 Å². The Balaban J connectivity index is 2.99. The fraction of sp³-hybridized carbons (Fsp3) is 0. The van der Waals surface area contributed by atoms with E-state index in [1.165, 1.54) is 10.9 Å². The van der Waals surface area contributed by atoms with Crippen molar-refractivity contribution in [3.8, 4) is 0 Å². The molecular weight excluding hydrogens is 118 g/mol. The SMILES string of the molecule is Nc1ccc2ocnn12. The third-order valence-electron chi connectivity index (χ3n) is 1.19. The average molecular weight is 123 g/mol. The minimum Gasteiger partial charge on any atom is -0.426 e. The summed E-state index contributed by atoms with van der Waals surface area (Å²) in [5.41, 5.74) is 6.13. The molecule has 0 aromatic carbocycles. The van der Waals surface area contributed by atoms with E-state index in [0.29, 0.717) is 11.5 Å². The quantitative estimate of drug-likeness (QED) is 0.555. The minimum atomic E-state index is 0.596. The first-order valence-corrected chi connectivity index (χ1v) is 2.54. The number of nitrogens with zero attached hydrogens (tertiary/aromatic N) is 2. The van der Waals surface area contributed by atoms with Gasteiger partial charge in [0.15, 0.2) is 0 Å². The summed E-state index contributed by atoms with van der Waals surface area (Å²) in [6.07, 6.45) is 1.35.